The van der Waals surface area contributed by atoms with Gasteiger partial charge in [0, 0.05) is 22.8 Å². The van der Waals surface area contributed by atoms with Crippen LogP contribution in [0.5, 0.6) is 0 Å². The number of sulfonamides is 1. The van der Waals surface area contributed by atoms with Crippen molar-refractivity contribution in [1.29, 1.82) is 0 Å². The second-order valence-electron chi connectivity index (χ2n) is 6.32. The Morgan fingerprint density at radius 1 is 1.28 bits per heavy atom. The van der Waals surface area contributed by atoms with Crippen LogP contribution in [0.3, 0.4) is 0 Å². The minimum atomic E-state index is -3.64. The SMILES string of the molecule is C=C(C)c1c(C)nc2ccc(Br)cn12.CNS(=O)(=O)c1cc([N+](=O)[O-])ccc1C. The second kappa shape index (κ2) is 8.85. The maximum atomic E-state index is 11.5. The summed E-state index contributed by atoms with van der Waals surface area (Å²) in [5.41, 5.74) is 4.35. The van der Waals surface area contributed by atoms with Crippen LogP contribution in [0.4, 0.5) is 5.69 Å². The van der Waals surface area contributed by atoms with Crippen molar-refractivity contribution >= 4 is 42.9 Å². The van der Waals surface area contributed by atoms with E-state index in [1.165, 1.54) is 19.2 Å². The minimum Gasteiger partial charge on any atom is -0.299 e. The topological polar surface area (TPSA) is 107 Å². The van der Waals surface area contributed by atoms with Crippen LogP contribution in [0, 0.1) is 24.0 Å². The average molecular weight is 481 g/mol. The van der Waals surface area contributed by atoms with Crippen molar-refractivity contribution in [2.45, 2.75) is 25.7 Å². The highest BCUT2D eigenvalue weighted by molar-refractivity contribution is 9.10. The third kappa shape index (κ3) is 5.08. The van der Waals surface area contributed by atoms with Crippen molar-refractivity contribution in [1.82, 2.24) is 14.1 Å². The smallest absolute Gasteiger partial charge is 0.270 e. The third-order valence-corrected chi connectivity index (χ3v) is 6.13. The molecule has 0 unspecified atom stereocenters. The van der Waals surface area contributed by atoms with E-state index in [0.717, 1.165) is 33.1 Å². The van der Waals surface area contributed by atoms with Crippen molar-refractivity contribution in [3.8, 4) is 0 Å². The fourth-order valence-corrected chi connectivity index (χ4v) is 4.08. The van der Waals surface area contributed by atoms with Gasteiger partial charge >= 0.3 is 0 Å². The number of hydrogen-bond acceptors (Lipinski definition) is 5. The molecule has 0 aliphatic rings. The highest BCUT2D eigenvalue weighted by Crippen LogP contribution is 2.22. The van der Waals surface area contributed by atoms with Crippen LogP contribution < -0.4 is 4.72 Å². The summed E-state index contributed by atoms with van der Waals surface area (Å²) in [5.74, 6) is 0. The summed E-state index contributed by atoms with van der Waals surface area (Å²) in [6, 6.07) is 7.70. The van der Waals surface area contributed by atoms with Crippen molar-refractivity contribution in [2.24, 2.45) is 0 Å². The number of rotatable bonds is 4. The molecule has 3 aromatic rings. The van der Waals surface area contributed by atoms with Crippen molar-refractivity contribution in [2.75, 3.05) is 7.05 Å². The number of nitro groups is 1. The largest absolute Gasteiger partial charge is 0.299 e. The molecule has 0 aliphatic carbocycles. The molecule has 1 N–H and O–H groups in total. The second-order valence-corrected chi connectivity index (χ2v) is 9.09. The molecule has 0 saturated heterocycles. The Balaban J connectivity index is 0.000000207. The van der Waals surface area contributed by atoms with E-state index in [1.807, 2.05) is 32.2 Å². The number of allylic oxidation sites excluding steroid dienone is 1. The first-order valence-corrected chi connectivity index (χ1v) is 10.7. The Bertz CT molecular complexity index is 1200. The summed E-state index contributed by atoms with van der Waals surface area (Å²) in [5, 5.41) is 10.5. The van der Waals surface area contributed by atoms with Crippen molar-refractivity contribution in [3.63, 3.8) is 0 Å². The zero-order valence-electron chi connectivity index (χ0n) is 16.4. The van der Waals surface area contributed by atoms with Gasteiger partial charge in [-0.25, -0.2) is 18.1 Å². The Labute approximate surface area is 177 Å². The number of nitrogens with zero attached hydrogens (tertiary/aromatic N) is 3. The van der Waals surface area contributed by atoms with Gasteiger partial charge in [-0.1, -0.05) is 12.6 Å². The number of pyridine rings is 1. The molecule has 3 rings (SSSR count). The van der Waals surface area contributed by atoms with Gasteiger partial charge in [0.1, 0.15) is 5.65 Å². The van der Waals surface area contributed by atoms with Gasteiger partial charge in [0.2, 0.25) is 10.0 Å². The Hall–Kier alpha value is -2.56. The molecule has 0 saturated carbocycles. The van der Waals surface area contributed by atoms with Gasteiger partial charge in [0.15, 0.2) is 0 Å². The molecule has 0 spiro atoms. The third-order valence-electron chi connectivity index (χ3n) is 4.10. The van der Waals surface area contributed by atoms with Gasteiger partial charge in [0.05, 0.1) is 21.2 Å². The van der Waals surface area contributed by atoms with Crippen LogP contribution >= 0.6 is 15.9 Å². The van der Waals surface area contributed by atoms with E-state index in [1.54, 1.807) is 6.92 Å². The van der Waals surface area contributed by atoms with Crippen LogP contribution in [0.15, 0.2) is 52.5 Å². The van der Waals surface area contributed by atoms with Gasteiger partial charge in [-0.3, -0.25) is 14.5 Å². The predicted molar refractivity (Wildman–Crippen MR) is 116 cm³/mol. The van der Waals surface area contributed by atoms with E-state index in [0.29, 0.717) is 5.56 Å². The molecule has 0 bridgehead atoms. The van der Waals surface area contributed by atoms with Gasteiger partial charge in [-0.2, -0.15) is 0 Å². The van der Waals surface area contributed by atoms with E-state index in [2.05, 4.69) is 36.6 Å². The number of hydrogen-bond donors (Lipinski definition) is 1. The van der Waals surface area contributed by atoms with Crippen LogP contribution in [-0.4, -0.2) is 29.8 Å². The zero-order chi connectivity index (χ0) is 21.9. The molecule has 0 atom stereocenters. The molecule has 8 nitrogen and oxygen atoms in total. The Morgan fingerprint density at radius 2 is 1.93 bits per heavy atom. The molecule has 1 aromatic carbocycles. The molecular weight excluding hydrogens is 460 g/mol. The van der Waals surface area contributed by atoms with Gasteiger partial charge in [-0.05, 0) is 67.0 Å². The summed E-state index contributed by atoms with van der Waals surface area (Å²) in [7, 11) is -2.38. The summed E-state index contributed by atoms with van der Waals surface area (Å²) >= 11 is 3.45. The van der Waals surface area contributed by atoms with E-state index in [4.69, 9.17) is 0 Å². The van der Waals surface area contributed by atoms with Gasteiger partial charge in [0.25, 0.3) is 5.69 Å². The molecular formula is C19H21BrN4O4S. The van der Waals surface area contributed by atoms with Crippen LogP contribution in [0.25, 0.3) is 11.2 Å². The van der Waals surface area contributed by atoms with Crippen molar-refractivity contribution in [3.05, 3.63) is 74.6 Å². The lowest BCUT2D eigenvalue weighted by atomic mass is 10.2. The number of aryl methyl sites for hydroxylation is 2. The van der Waals surface area contributed by atoms with Gasteiger partial charge in [-0.15, -0.1) is 0 Å². The zero-order valence-corrected chi connectivity index (χ0v) is 18.8. The molecule has 29 heavy (non-hydrogen) atoms. The lowest BCUT2D eigenvalue weighted by Crippen LogP contribution is -2.19. The fraction of sp³-hybridized carbons (Fsp3) is 0.211. The molecule has 0 aliphatic heterocycles. The normalized spacial score (nSPS) is 11.1. The molecule has 2 heterocycles. The first kappa shape index (κ1) is 22.7. The quantitative estimate of drug-likeness (QED) is 0.443. The highest BCUT2D eigenvalue weighted by Gasteiger charge is 2.18. The lowest BCUT2D eigenvalue weighted by Gasteiger charge is -2.05. The number of benzene rings is 1. The Morgan fingerprint density at radius 3 is 2.48 bits per heavy atom. The number of halogens is 1. The maximum absolute atomic E-state index is 11.5. The van der Waals surface area contributed by atoms with E-state index in [-0.39, 0.29) is 10.6 Å². The van der Waals surface area contributed by atoms with E-state index >= 15 is 0 Å². The first-order chi connectivity index (χ1) is 13.5. The number of imidazole rings is 1. The van der Waals surface area contributed by atoms with Crippen LogP contribution in [0.1, 0.15) is 23.9 Å². The number of aromatic nitrogens is 2. The molecule has 154 valence electrons. The molecule has 0 fully saturated rings. The number of non-ortho nitro benzene ring substituents is 1. The van der Waals surface area contributed by atoms with E-state index < -0.39 is 14.9 Å². The van der Waals surface area contributed by atoms with E-state index in [9.17, 15) is 18.5 Å². The average Bonchev–Trinajstić information content (AvgIpc) is 2.97. The predicted octanol–water partition coefficient (Wildman–Crippen LogP) is 4.25. The number of fused-ring (bicyclic) bond motifs is 1. The first-order valence-electron chi connectivity index (χ1n) is 8.46. The summed E-state index contributed by atoms with van der Waals surface area (Å²) in [4.78, 5) is 14.2. The Kier molecular flexibility index (Phi) is 6.93. The maximum Gasteiger partial charge on any atom is 0.270 e. The van der Waals surface area contributed by atoms with Crippen LogP contribution in [-0.2, 0) is 10.0 Å². The van der Waals surface area contributed by atoms with Crippen LogP contribution in [0.2, 0.25) is 0 Å². The monoisotopic (exact) mass is 480 g/mol. The fourth-order valence-electron chi connectivity index (χ4n) is 2.75. The number of nitrogens with one attached hydrogen (secondary N) is 1. The standard InChI is InChI=1S/C11H11BrN2.C8H10N2O4S/c1-7(2)11-8(3)13-10-5-4-9(12)6-14(10)11;1-6-3-4-7(10(11)12)5-8(6)15(13,14)9-2/h4-6H,1H2,2-3H3;3-5,9H,1-2H3. The number of nitro benzene ring substituents is 1. The highest BCUT2D eigenvalue weighted by atomic mass is 79.9. The minimum absolute atomic E-state index is 0.0702. The summed E-state index contributed by atoms with van der Waals surface area (Å²) in [6.07, 6.45) is 2.01. The van der Waals surface area contributed by atoms with Crippen molar-refractivity contribution < 1.29 is 13.3 Å². The molecule has 0 radical (unpaired) electrons. The lowest BCUT2D eigenvalue weighted by molar-refractivity contribution is -0.385. The summed E-state index contributed by atoms with van der Waals surface area (Å²) < 4.78 is 28.1. The molecule has 0 amide bonds. The summed E-state index contributed by atoms with van der Waals surface area (Å²) in [6.45, 7) is 9.54. The molecule has 2 aromatic heterocycles. The molecule has 10 heteroatoms. The van der Waals surface area contributed by atoms with Gasteiger partial charge < -0.3 is 0 Å².